The molecule has 0 radical (unpaired) electrons. The van der Waals surface area contributed by atoms with E-state index in [0.29, 0.717) is 5.57 Å². The predicted molar refractivity (Wildman–Crippen MR) is 50.5 cm³/mol. The second kappa shape index (κ2) is 4.50. The Morgan fingerprint density at radius 1 is 1.69 bits per heavy atom. The van der Waals surface area contributed by atoms with Gasteiger partial charge in [-0.05, 0) is 31.9 Å². The standard InChI is InChI=1S/C10H13NO2/c1-8(10(12)13)4-2-5-9-6-3-7-11-9/h3-4,6-7,11H,2,5H2,1H3,(H,12,13). The summed E-state index contributed by atoms with van der Waals surface area (Å²) in [6.45, 7) is 1.61. The van der Waals surface area contributed by atoms with Crippen molar-refractivity contribution in [3.05, 3.63) is 35.7 Å². The molecule has 0 bridgehead atoms. The first-order valence-electron chi connectivity index (χ1n) is 4.22. The minimum absolute atomic E-state index is 0.409. The number of carboxylic acid groups (broad SMARTS) is 1. The Morgan fingerprint density at radius 2 is 2.46 bits per heavy atom. The summed E-state index contributed by atoms with van der Waals surface area (Å²) in [5.41, 5.74) is 1.54. The minimum Gasteiger partial charge on any atom is -0.478 e. The van der Waals surface area contributed by atoms with Crippen molar-refractivity contribution in [2.45, 2.75) is 19.8 Å². The zero-order valence-corrected chi connectivity index (χ0v) is 7.58. The van der Waals surface area contributed by atoms with Crippen LogP contribution in [0.4, 0.5) is 0 Å². The fourth-order valence-corrected chi connectivity index (χ4v) is 1.05. The summed E-state index contributed by atoms with van der Waals surface area (Å²) in [6.07, 6.45) is 5.22. The summed E-state index contributed by atoms with van der Waals surface area (Å²) in [7, 11) is 0. The van der Waals surface area contributed by atoms with Crippen LogP contribution in [0.15, 0.2) is 30.0 Å². The van der Waals surface area contributed by atoms with Crippen LogP contribution in [0.1, 0.15) is 19.0 Å². The van der Waals surface area contributed by atoms with Crippen LogP contribution < -0.4 is 0 Å². The number of carbonyl (C=O) groups is 1. The molecule has 0 saturated heterocycles. The summed E-state index contributed by atoms with van der Waals surface area (Å²) in [5.74, 6) is -0.841. The molecule has 1 rings (SSSR count). The quantitative estimate of drug-likeness (QED) is 0.694. The zero-order valence-electron chi connectivity index (χ0n) is 7.58. The highest BCUT2D eigenvalue weighted by atomic mass is 16.4. The van der Waals surface area contributed by atoms with Crippen LogP contribution in [0.3, 0.4) is 0 Å². The van der Waals surface area contributed by atoms with E-state index in [9.17, 15) is 4.79 Å². The fraction of sp³-hybridized carbons (Fsp3) is 0.300. The van der Waals surface area contributed by atoms with Gasteiger partial charge >= 0.3 is 5.97 Å². The lowest BCUT2D eigenvalue weighted by atomic mass is 10.2. The molecule has 0 aliphatic rings. The fourth-order valence-electron chi connectivity index (χ4n) is 1.05. The normalized spacial score (nSPS) is 11.6. The number of allylic oxidation sites excluding steroid dienone is 1. The molecule has 0 aliphatic carbocycles. The van der Waals surface area contributed by atoms with E-state index in [2.05, 4.69) is 4.98 Å². The molecule has 1 aromatic rings. The summed E-state index contributed by atoms with van der Waals surface area (Å²) in [5, 5.41) is 8.56. The van der Waals surface area contributed by atoms with Crippen molar-refractivity contribution < 1.29 is 9.90 Å². The molecule has 0 atom stereocenters. The molecule has 1 aromatic heterocycles. The van der Waals surface area contributed by atoms with Gasteiger partial charge in [-0.3, -0.25) is 0 Å². The van der Waals surface area contributed by atoms with E-state index >= 15 is 0 Å². The van der Waals surface area contributed by atoms with Gasteiger partial charge in [0.1, 0.15) is 0 Å². The van der Waals surface area contributed by atoms with E-state index < -0.39 is 5.97 Å². The van der Waals surface area contributed by atoms with Gasteiger partial charge in [-0.15, -0.1) is 0 Å². The maximum absolute atomic E-state index is 10.4. The summed E-state index contributed by atoms with van der Waals surface area (Å²) >= 11 is 0. The van der Waals surface area contributed by atoms with Crippen molar-refractivity contribution in [1.82, 2.24) is 4.98 Å². The third-order valence-corrected chi connectivity index (χ3v) is 1.86. The number of hydrogen-bond donors (Lipinski definition) is 2. The molecule has 3 heteroatoms. The van der Waals surface area contributed by atoms with Crippen LogP contribution in [-0.4, -0.2) is 16.1 Å². The average molecular weight is 179 g/mol. The Hall–Kier alpha value is -1.51. The number of aryl methyl sites for hydroxylation is 1. The molecule has 0 fully saturated rings. The number of nitrogens with one attached hydrogen (secondary N) is 1. The van der Waals surface area contributed by atoms with Crippen molar-refractivity contribution in [1.29, 1.82) is 0 Å². The Morgan fingerprint density at radius 3 is 3.00 bits per heavy atom. The first-order valence-corrected chi connectivity index (χ1v) is 4.22. The van der Waals surface area contributed by atoms with Gasteiger partial charge in [-0.2, -0.15) is 0 Å². The van der Waals surface area contributed by atoms with Crippen molar-refractivity contribution in [3.8, 4) is 0 Å². The summed E-state index contributed by atoms with van der Waals surface area (Å²) in [6, 6.07) is 3.92. The van der Waals surface area contributed by atoms with Gasteiger partial charge in [-0.25, -0.2) is 4.79 Å². The van der Waals surface area contributed by atoms with Gasteiger partial charge in [0.05, 0.1) is 0 Å². The number of H-pyrrole nitrogens is 1. The topological polar surface area (TPSA) is 53.1 Å². The molecule has 13 heavy (non-hydrogen) atoms. The lowest BCUT2D eigenvalue weighted by Gasteiger charge is -1.94. The number of carboxylic acids is 1. The van der Waals surface area contributed by atoms with Crippen LogP contribution in [-0.2, 0) is 11.2 Å². The first kappa shape index (κ1) is 9.58. The number of rotatable bonds is 4. The molecule has 0 unspecified atom stereocenters. The molecule has 1 heterocycles. The Kier molecular flexibility index (Phi) is 3.31. The SMILES string of the molecule is CC(=CCCc1ccc[nH]1)C(=O)O. The molecule has 0 aliphatic heterocycles. The van der Waals surface area contributed by atoms with Crippen LogP contribution in [0.2, 0.25) is 0 Å². The number of hydrogen-bond acceptors (Lipinski definition) is 1. The van der Waals surface area contributed by atoms with Gasteiger partial charge in [0.25, 0.3) is 0 Å². The van der Waals surface area contributed by atoms with Gasteiger partial charge in [-0.1, -0.05) is 6.08 Å². The summed E-state index contributed by atoms with van der Waals surface area (Å²) in [4.78, 5) is 13.5. The number of aromatic amines is 1. The Balaban J connectivity index is 2.36. The Labute approximate surface area is 77.1 Å². The monoisotopic (exact) mass is 179 g/mol. The third kappa shape index (κ3) is 3.15. The van der Waals surface area contributed by atoms with Crippen LogP contribution in [0, 0.1) is 0 Å². The lowest BCUT2D eigenvalue weighted by Crippen LogP contribution is -1.96. The van der Waals surface area contributed by atoms with Crippen molar-refractivity contribution >= 4 is 5.97 Å². The number of aliphatic carboxylic acids is 1. The average Bonchev–Trinajstić information content (AvgIpc) is 2.56. The van der Waals surface area contributed by atoms with Crippen LogP contribution in [0.25, 0.3) is 0 Å². The molecule has 0 aromatic carbocycles. The minimum atomic E-state index is -0.841. The van der Waals surface area contributed by atoms with Crippen LogP contribution in [0.5, 0.6) is 0 Å². The molecule has 70 valence electrons. The first-order chi connectivity index (χ1) is 6.20. The molecule has 0 spiro atoms. The van der Waals surface area contributed by atoms with E-state index in [-0.39, 0.29) is 0 Å². The molecule has 3 nitrogen and oxygen atoms in total. The van der Waals surface area contributed by atoms with E-state index in [0.717, 1.165) is 18.5 Å². The lowest BCUT2D eigenvalue weighted by molar-refractivity contribution is -0.132. The molecule has 2 N–H and O–H groups in total. The summed E-state index contributed by atoms with van der Waals surface area (Å²) < 4.78 is 0. The zero-order chi connectivity index (χ0) is 9.68. The third-order valence-electron chi connectivity index (χ3n) is 1.86. The van der Waals surface area contributed by atoms with Gasteiger partial charge in [0.2, 0.25) is 0 Å². The second-order valence-corrected chi connectivity index (χ2v) is 2.93. The molecule has 0 saturated carbocycles. The Bertz CT molecular complexity index is 299. The highest BCUT2D eigenvalue weighted by Gasteiger charge is 1.98. The number of aromatic nitrogens is 1. The van der Waals surface area contributed by atoms with Gasteiger partial charge in [0, 0.05) is 17.5 Å². The van der Waals surface area contributed by atoms with E-state index in [1.165, 1.54) is 0 Å². The van der Waals surface area contributed by atoms with Gasteiger partial charge in [0.15, 0.2) is 0 Å². The molecular weight excluding hydrogens is 166 g/mol. The maximum Gasteiger partial charge on any atom is 0.330 e. The van der Waals surface area contributed by atoms with E-state index in [1.807, 2.05) is 18.3 Å². The predicted octanol–water partition coefficient (Wildman–Crippen LogP) is 1.98. The molecular formula is C10H13NO2. The van der Waals surface area contributed by atoms with Crippen LogP contribution >= 0.6 is 0 Å². The van der Waals surface area contributed by atoms with Crippen molar-refractivity contribution in [2.75, 3.05) is 0 Å². The smallest absolute Gasteiger partial charge is 0.330 e. The van der Waals surface area contributed by atoms with E-state index in [4.69, 9.17) is 5.11 Å². The van der Waals surface area contributed by atoms with Crippen molar-refractivity contribution in [2.24, 2.45) is 0 Å². The van der Waals surface area contributed by atoms with E-state index in [1.54, 1.807) is 13.0 Å². The maximum atomic E-state index is 10.4. The van der Waals surface area contributed by atoms with Crippen molar-refractivity contribution in [3.63, 3.8) is 0 Å². The largest absolute Gasteiger partial charge is 0.478 e. The highest BCUT2D eigenvalue weighted by Crippen LogP contribution is 2.02. The highest BCUT2D eigenvalue weighted by molar-refractivity contribution is 5.85. The second-order valence-electron chi connectivity index (χ2n) is 2.93. The van der Waals surface area contributed by atoms with Gasteiger partial charge < -0.3 is 10.1 Å². The molecule has 0 amide bonds.